The van der Waals surface area contributed by atoms with Crippen LogP contribution in [0.3, 0.4) is 0 Å². The summed E-state index contributed by atoms with van der Waals surface area (Å²) in [6.07, 6.45) is 33.8. The van der Waals surface area contributed by atoms with E-state index in [1.165, 1.54) is 70.6 Å². The first-order valence-corrected chi connectivity index (χ1v) is 18.2. The predicted molar refractivity (Wildman–Crippen MR) is 184 cm³/mol. The van der Waals surface area contributed by atoms with E-state index >= 15 is 0 Å². The van der Waals surface area contributed by atoms with Crippen LogP contribution in [0.1, 0.15) is 174 Å². The van der Waals surface area contributed by atoms with E-state index in [-0.39, 0.29) is 18.0 Å². The van der Waals surface area contributed by atoms with E-state index in [2.05, 4.69) is 43.5 Å². The van der Waals surface area contributed by atoms with Crippen LogP contribution in [0.5, 0.6) is 0 Å². The zero-order valence-corrected chi connectivity index (χ0v) is 28.5. The molecule has 0 aliphatic heterocycles. The average molecular weight is 621 g/mol. The maximum absolute atomic E-state index is 12.6. The molecule has 0 aromatic carbocycles. The Labute approximate surface area is 270 Å². The molecule has 7 heteroatoms. The first kappa shape index (κ1) is 41.9. The molecule has 0 bridgehead atoms. The number of aliphatic carboxylic acids is 1. The predicted octanol–water partition coefficient (Wildman–Crippen LogP) is 9.33. The number of carbonyl (C=O) groups excluding carboxylic acids is 2. The molecule has 2 unspecified atom stereocenters. The smallest absolute Gasteiger partial charge is 0.326 e. The van der Waals surface area contributed by atoms with Gasteiger partial charge in [-0.2, -0.15) is 0 Å². The molecule has 0 aliphatic carbocycles. The van der Waals surface area contributed by atoms with Crippen LogP contribution in [0.2, 0.25) is 0 Å². The van der Waals surface area contributed by atoms with Crippen LogP contribution in [-0.2, 0) is 19.1 Å². The zero-order valence-electron chi connectivity index (χ0n) is 28.5. The Kier molecular flexibility index (Phi) is 30.7. The van der Waals surface area contributed by atoms with Crippen molar-refractivity contribution >= 4 is 17.8 Å². The SMILES string of the molecule is CCCCCC/C=C\CCCCCCCC(=O)OC(/C=C\CCCCCC)CCCCCCC(=O)NC(CCCN)C(=O)O. The van der Waals surface area contributed by atoms with E-state index in [1.54, 1.807) is 0 Å². The van der Waals surface area contributed by atoms with Gasteiger partial charge in [-0.15, -0.1) is 0 Å². The lowest BCUT2D eigenvalue weighted by molar-refractivity contribution is -0.147. The number of nitrogens with one attached hydrogen (secondary N) is 1. The van der Waals surface area contributed by atoms with Gasteiger partial charge >= 0.3 is 11.9 Å². The number of carboxylic acid groups (broad SMARTS) is 1. The summed E-state index contributed by atoms with van der Waals surface area (Å²) in [5.41, 5.74) is 5.46. The number of nitrogens with two attached hydrogens (primary N) is 1. The Balaban J connectivity index is 4.26. The van der Waals surface area contributed by atoms with Crippen molar-refractivity contribution in [1.82, 2.24) is 5.32 Å². The number of carbonyl (C=O) groups is 3. The molecule has 0 aliphatic rings. The topological polar surface area (TPSA) is 119 Å². The summed E-state index contributed by atoms with van der Waals surface area (Å²) in [7, 11) is 0. The molecule has 0 radical (unpaired) electrons. The van der Waals surface area contributed by atoms with Gasteiger partial charge in [0.15, 0.2) is 0 Å². The van der Waals surface area contributed by atoms with Crippen molar-refractivity contribution in [3.05, 3.63) is 24.3 Å². The average Bonchev–Trinajstić information content (AvgIpc) is 3.00. The Hall–Kier alpha value is -2.15. The van der Waals surface area contributed by atoms with Gasteiger partial charge in [0.05, 0.1) is 0 Å². The molecule has 0 spiro atoms. The Morgan fingerprint density at radius 2 is 1.18 bits per heavy atom. The van der Waals surface area contributed by atoms with Crippen LogP contribution in [0.25, 0.3) is 0 Å². The molecule has 1 amide bonds. The number of hydrogen-bond acceptors (Lipinski definition) is 5. The molecule has 0 fully saturated rings. The fraction of sp³-hybridized carbons (Fsp3) is 0.811. The monoisotopic (exact) mass is 621 g/mol. The van der Waals surface area contributed by atoms with E-state index in [0.29, 0.717) is 38.6 Å². The van der Waals surface area contributed by atoms with E-state index in [4.69, 9.17) is 10.5 Å². The molecule has 256 valence electrons. The molecular formula is C37H68N2O5. The summed E-state index contributed by atoms with van der Waals surface area (Å²) < 4.78 is 5.86. The summed E-state index contributed by atoms with van der Waals surface area (Å²) in [6.45, 7) is 4.86. The van der Waals surface area contributed by atoms with Crippen molar-refractivity contribution in [2.75, 3.05) is 6.54 Å². The van der Waals surface area contributed by atoms with E-state index < -0.39 is 12.0 Å². The molecule has 0 heterocycles. The highest BCUT2D eigenvalue weighted by Crippen LogP contribution is 2.15. The van der Waals surface area contributed by atoms with Gasteiger partial charge in [0.2, 0.25) is 5.91 Å². The van der Waals surface area contributed by atoms with Crippen molar-refractivity contribution in [2.45, 2.75) is 187 Å². The second kappa shape index (κ2) is 32.2. The molecule has 0 saturated carbocycles. The maximum Gasteiger partial charge on any atom is 0.326 e. The van der Waals surface area contributed by atoms with Crippen molar-refractivity contribution < 1.29 is 24.2 Å². The van der Waals surface area contributed by atoms with Gasteiger partial charge in [0.1, 0.15) is 12.1 Å². The van der Waals surface area contributed by atoms with Gasteiger partial charge in [0, 0.05) is 12.8 Å². The van der Waals surface area contributed by atoms with Gasteiger partial charge in [-0.1, -0.05) is 103 Å². The van der Waals surface area contributed by atoms with Crippen LogP contribution in [0.15, 0.2) is 24.3 Å². The van der Waals surface area contributed by atoms with Crippen molar-refractivity contribution in [3.63, 3.8) is 0 Å². The number of unbranched alkanes of at least 4 members (excludes halogenated alkanes) is 16. The lowest BCUT2D eigenvalue weighted by Crippen LogP contribution is -2.40. The molecular weight excluding hydrogens is 552 g/mol. The minimum Gasteiger partial charge on any atom is -0.480 e. The third-order valence-corrected chi connectivity index (χ3v) is 7.97. The molecule has 0 saturated heterocycles. The van der Waals surface area contributed by atoms with Crippen molar-refractivity contribution in [1.29, 1.82) is 0 Å². The minimum atomic E-state index is -1.02. The minimum absolute atomic E-state index is 0.101. The van der Waals surface area contributed by atoms with Crippen LogP contribution in [-0.4, -0.2) is 41.6 Å². The van der Waals surface area contributed by atoms with Crippen LogP contribution >= 0.6 is 0 Å². The highest BCUT2D eigenvalue weighted by atomic mass is 16.5. The molecule has 4 N–H and O–H groups in total. The summed E-state index contributed by atoms with van der Waals surface area (Å²) in [5, 5.41) is 11.9. The first-order chi connectivity index (χ1) is 21.4. The van der Waals surface area contributed by atoms with E-state index in [9.17, 15) is 19.5 Å². The van der Waals surface area contributed by atoms with Crippen LogP contribution < -0.4 is 11.1 Å². The van der Waals surface area contributed by atoms with E-state index in [1.807, 2.05) is 0 Å². The number of rotatable bonds is 32. The zero-order chi connectivity index (χ0) is 32.5. The van der Waals surface area contributed by atoms with Gasteiger partial charge in [-0.3, -0.25) is 9.59 Å². The summed E-state index contributed by atoms with van der Waals surface area (Å²) >= 11 is 0. The summed E-state index contributed by atoms with van der Waals surface area (Å²) in [5.74, 6) is -1.34. The highest BCUT2D eigenvalue weighted by molar-refractivity contribution is 5.83. The third kappa shape index (κ3) is 28.6. The number of amides is 1. The van der Waals surface area contributed by atoms with Crippen LogP contribution in [0.4, 0.5) is 0 Å². The number of hydrogen-bond donors (Lipinski definition) is 3. The molecule has 2 atom stereocenters. The first-order valence-electron chi connectivity index (χ1n) is 18.2. The molecule has 44 heavy (non-hydrogen) atoms. The normalized spacial score (nSPS) is 13.0. The molecule has 0 aromatic rings. The summed E-state index contributed by atoms with van der Waals surface area (Å²) in [6, 6.07) is -0.868. The maximum atomic E-state index is 12.6. The molecule has 0 aromatic heterocycles. The lowest BCUT2D eigenvalue weighted by Gasteiger charge is -2.15. The van der Waals surface area contributed by atoms with Gasteiger partial charge in [0.25, 0.3) is 0 Å². The number of allylic oxidation sites excluding steroid dienone is 3. The van der Waals surface area contributed by atoms with E-state index in [0.717, 1.165) is 57.8 Å². The third-order valence-electron chi connectivity index (χ3n) is 7.97. The number of carboxylic acids is 1. The Bertz CT molecular complexity index is 752. The Morgan fingerprint density at radius 1 is 0.659 bits per heavy atom. The summed E-state index contributed by atoms with van der Waals surface area (Å²) in [4.78, 5) is 36.0. The second-order valence-corrected chi connectivity index (χ2v) is 12.3. The second-order valence-electron chi connectivity index (χ2n) is 12.3. The quantitative estimate of drug-likeness (QED) is 0.0392. The molecule has 0 rings (SSSR count). The van der Waals surface area contributed by atoms with Crippen molar-refractivity contribution in [3.8, 4) is 0 Å². The van der Waals surface area contributed by atoms with Gasteiger partial charge in [-0.25, -0.2) is 4.79 Å². The lowest BCUT2D eigenvalue weighted by atomic mass is 10.1. The number of ether oxygens (including phenoxy) is 1. The standard InChI is InChI=1S/C37H68N2O5/c1-3-5-7-9-11-12-13-14-15-16-17-19-25-31-36(41)44-33(27-22-18-10-8-6-4-2)28-23-20-21-24-30-35(40)39-34(37(42)43)29-26-32-38/h12-13,22,27,33-34H,3-11,14-21,23-26,28-32,38H2,1-2H3,(H,39,40)(H,42,43)/b13-12-,27-22-. The van der Waals surface area contributed by atoms with Crippen LogP contribution in [0, 0.1) is 0 Å². The fourth-order valence-electron chi connectivity index (χ4n) is 5.18. The van der Waals surface area contributed by atoms with Gasteiger partial charge < -0.3 is 20.9 Å². The highest BCUT2D eigenvalue weighted by Gasteiger charge is 2.19. The number of esters is 1. The largest absolute Gasteiger partial charge is 0.480 e. The van der Waals surface area contributed by atoms with Crippen molar-refractivity contribution in [2.24, 2.45) is 5.73 Å². The molecule has 7 nitrogen and oxygen atoms in total. The van der Waals surface area contributed by atoms with Gasteiger partial charge in [-0.05, 0) is 89.7 Å². The fourth-order valence-corrected chi connectivity index (χ4v) is 5.18. The Morgan fingerprint density at radius 3 is 1.77 bits per heavy atom.